The van der Waals surface area contributed by atoms with Gasteiger partial charge < -0.3 is 4.74 Å². The highest BCUT2D eigenvalue weighted by Crippen LogP contribution is 2.32. The Hall–Kier alpha value is -2.44. The van der Waals surface area contributed by atoms with E-state index in [-0.39, 0.29) is 10.9 Å². The lowest BCUT2D eigenvalue weighted by Crippen LogP contribution is -2.12. The molecular formula is C18H17NO4S. The maximum atomic E-state index is 12.1. The van der Waals surface area contributed by atoms with E-state index in [0.717, 1.165) is 22.3 Å². The summed E-state index contributed by atoms with van der Waals surface area (Å²) < 4.78 is 27.9. The lowest BCUT2D eigenvalue weighted by molar-refractivity contribution is -0.135. The van der Waals surface area contributed by atoms with Crippen molar-refractivity contribution in [2.45, 2.75) is 18.2 Å². The lowest BCUT2D eigenvalue weighted by atomic mass is 9.91. The average molecular weight is 343 g/mol. The molecule has 0 bridgehead atoms. The molecule has 1 fully saturated rings. The number of carbonyl (C=O) groups excluding carboxylic acids is 1. The van der Waals surface area contributed by atoms with Gasteiger partial charge in [-0.25, -0.2) is 18.4 Å². The normalized spacial score (nSPS) is 16.8. The van der Waals surface area contributed by atoms with Gasteiger partial charge in [0.05, 0.1) is 11.5 Å². The highest BCUT2D eigenvalue weighted by atomic mass is 32.2. The highest BCUT2D eigenvalue weighted by Gasteiger charge is 2.25. The van der Waals surface area contributed by atoms with E-state index < -0.39 is 10.0 Å². The Morgan fingerprint density at radius 1 is 1.08 bits per heavy atom. The number of sulfonamides is 1. The van der Waals surface area contributed by atoms with Gasteiger partial charge in [-0.2, -0.15) is 0 Å². The predicted molar refractivity (Wildman–Crippen MR) is 90.6 cm³/mol. The molecule has 2 aromatic rings. The van der Waals surface area contributed by atoms with E-state index in [1.165, 1.54) is 12.1 Å². The van der Waals surface area contributed by atoms with E-state index >= 15 is 0 Å². The Balaban J connectivity index is 2.18. The second-order valence-electron chi connectivity index (χ2n) is 5.68. The van der Waals surface area contributed by atoms with Crippen LogP contribution in [0.4, 0.5) is 0 Å². The molecule has 0 amide bonds. The number of ether oxygens (including phenoxy) is 1. The number of rotatable bonds is 3. The van der Waals surface area contributed by atoms with Gasteiger partial charge in [0.1, 0.15) is 0 Å². The minimum absolute atomic E-state index is 0.0360. The lowest BCUT2D eigenvalue weighted by Gasteiger charge is -2.12. The van der Waals surface area contributed by atoms with Gasteiger partial charge in [-0.1, -0.05) is 42.0 Å². The number of cyclic esters (lactones) is 1. The molecule has 0 unspecified atom stereocenters. The quantitative estimate of drug-likeness (QED) is 0.685. The SMILES string of the molecule is Cc1cccc(C(=C2CCOC2=O)c2ccc(S(N)(=O)=O)cc2)c1. The number of esters is 1. The maximum Gasteiger partial charge on any atom is 0.334 e. The van der Waals surface area contributed by atoms with Gasteiger partial charge >= 0.3 is 5.97 Å². The van der Waals surface area contributed by atoms with Crippen LogP contribution in [-0.2, 0) is 19.6 Å². The van der Waals surface area contributed by atoms with Crippen molar-refractivity contribution >= 4 is 21.6 Å². The molecule has 24 heavy (non-hydrogen) atoms. The van der Waals surface area contributed by atoms with Gasteiger partial charge in [-0.15, -0.1) is 0 Å². The van der Waals surface area contributed by atoms with Crippen molar-refractivity contribution in [2.24, 2.45) is 5.14 Å². The number of hydrogen-bond donors (Lipinski definition) is 1. The smallest absolute Gasteiger partial charge is 0.334 e. The van der Waals surface area contributed by atoms with Crippen LogP contribution in [0.2, 0.25) is 0 Å². The van der Waals surface area contributed by atoms with Crippen LogP contribution in [0.1, 0.15) is 23.1 Å². The maximum absolute atomic E-state index is 12.1. The number of nitrogens with two attached hydrogens (primary N) is 1. The Labute approximate surface area is 140 Å². The van der Waals surface area contributed by atoms with Gasteiger partial charge in [0.15, 0.2) is 0 Å². The first-order valence-corrected chi connectivity index (χ1v) is 9.01. The zero-order chi connectivity index (χ0) is 17.3. The molecule has 124 valence electrons. The van der Waals surface area contributed by atoms with E-state index in [2.05, 4.69) is 0 Å². The zero-order valence-electron chi connectivity index (χ0n) is 13.2. The number of hydrogen-bond acceptors (Lipinski definition) is 4. The highest BCUT2D eigenvalue weighted by molar-refractivity contribution is 7.89. The number of carbonyl (C=O) groups is 1. The number of benzene rings is 2. The first kappa shape index (κ1) is 16.4. The molecule has 5 nitrogen and oxygen atoms in total. The van der Waals surface area contributed by atoms with Crippen molar-refractivity contribution in [3.8, 4) is 0 Å². The first-order valence-electron chi connectivity index (χ1n) is 7.47. The standard InChI is InChI=1S/C18H17NO4S/c1-12-3-2-4-14(11-12)17(16-9-10-23-18(16)20)13-5-7-15(8-6-13)24(19,21)22/h2-8,11H,9-10H2,1H3,(H2,19,21,22). The van der Waals surface area contributed by atoms with Gasteiger partial charge in [-0.05, 0) is 35.8 Å². The summed E-state index contributed by atoms with van der Waals surface area (Å²) in [6.07, 6.45) is 0.527. The fraction of sp³-hybridized carbons (Fsp3) is 0.167. The van der Waals surface area contributed by atoms with Crippen molar-refractivity contribution < 1.29 is 17.9 Å². The summed E-state index contributed by atoms with van der Waals surface area (Å²) in [5.74, 6) is -0.331. The van der Waals surface area contributed by atoms with E-state index in [9.17, 15) is 13.2 Å². The summed E-state index contributed by atoms with van der Waals surface area (Å²) in [7, 11) is -3.75. The van der Waals surface area contributed by atoms with Crippen molar-refractivity contribution in [2.75, 3.05) is 6.61 Å². The molecule has 1 aliphatic heterocycles. The third-order valence-electron chi connectivity index (χ3n) is 3.91. The van der Waals surface area contributed by atoms with E-state index in [0.29, 0.717) is 18.6 Å². The largest absolute Gasteiger partial charge is 0.462 e. The van der Waals surface area contributed by atoms with Gasteiger partial charge in [0, 0.05) is 12.0 Å². The fourth-order valence-electron chi connectivity index (χ4n) is 2.79. The minimum atomic E-state index is -3.75. The molecule has 1 aliphatic rings. The van der Waals surface area contributed by atoms with E-state index in [4.69, 9.17) is 9.88 Å². The third kappa shape index (κ3) is 3.25. The third-order valence-corrected chi connectivity index (χ3v) is 4.84. The van der Waals surface area contributed by atoms with E-state index in [1.54, 1.807) is 12.1 Å². The monoisotopic (exact) mass is 343 g/mol. The first-order chi connectivity index (χ1) is 11.4. The van der Waals surface area contributed by atoms with Crippen LogP contribution in [0.3, 0.4) is 0 Å². The molecule has 0 spiro atoms. The summed E-state index contributed by atoms with van der Waals surface area (Å²) in [5, 5.41) is 5.14. The van der Waals surface area contributed by atoms with Crippen LogP contribution < -0.4 is 5.14 Å². The molecular weight excluding hydrogens is 326 g/mol. The molecule has 3 rings (SSSR count). The van der Waals surface area contributed by atoms with Crippen molar-refractivity contribution in [3.63, 3.8) is 0 Å². The summed E-state index contributed by atoms with van der Waals surface area (Å²) in [6.45, 7) is 2.33. The molecule has 6 heteroatoms. The average Bonchev–Trinajstić information content (AvgIpc) is 2.93. The predicted octanol–water partition coefficient (Wildman–Crippen LogP) is 2.39. The van der Waals surface area contributed by atoms with Crippen LogP contribution in [0.15, 0.2) is 59.0 Å². The summed E-state index contributed by atoms with van der Waals surface area (Å²) in [6, 6.07) is 14.0. The second kappa shape index (κ2) is 6.22. The van der Waals surface area contributed by atoms with Gasteiger partial charge in [0.25, 0.3) is 0 Å². The molecule has 1 heterocycles. The topological polar surface area (TPSA) is 86.5 Å². The van der Waals surface area contributed by atoms with Crippen molar-refractivity contribution in [1.29, 1.82) is 0 Å². The van der Waals surface area contributed by atoms with Crippen molar-refractivity contribution in [3.05, 3.63) is 70.8 Å². The molecule has 2 N–H and O–H groups in total. The molecule has 0 radical (unpaired) electrons. The van der Waals surface area contributed by atoms with Crippen molar-refractivity contribution in [1.82, 2.24) is 0 Å². The zero-order valence-corrected chi connectivity index (χ0v) is 14.0. The Morgan fingerprint density at radius 3 is 2.33 bits per heavy atom. The van der Waals surface area contributed by atoms with Crippen LogP contribution in [0.5, 0.6) is 0 Å². The fourth-order valence-corrected chi connectivity index (χ4v) is 3.30. The molecule has 0 aromatic heterocycles. The van der Waals surface area contributed by atoms with Gasteiger partial charge in [0.2, 0.25) is 10.0 Å². The van der Waals surface area contributed by atoms with Crippen LogP contribution in [0, 0.1) is 6.92 Å². The number of primary sulfonamides is 1. The minimum Gasteiger partial charge on any atom is -0.462 e. The van der Waals surface area contributed by atoms with Gasteiger partial charge in [-0.3, -0.25) is 0 Å². The summed E-state index contributed by atoms with van der Waals surface area (Å²) in [5.41, 5.74) is 4.08. The molecule has 2 aromatic carbocycles. The Kier molecular flexibility index (Phi) is 4.26. The Bertz CT molecular complexity index is 928. The molecule has 0 saturated carbocycles. The summed E-state index contributed by atoms with van der Waals surface area (Å²) >= 11 is 0. The van der Waals surface area contributed by atoms with Crippen LogP contribution in [-0.4, -0.2) is 21.0 Å². The number of aryl methyl sites for hydroxylation is 1. The summed E-state index contributed by atoms with van der Waals surface area (Å²) in [4.78, 5) is 12.1. The second-order valence-corrected chi connectivity index (χ2v) is 7.24. The Morgan fingerprint density at radius 2 is 1.79 bits per heavy atom. The van der Waals surface area contributed by atoms with E-state index in [1.807, 2.05) is 31.2 Å². The van der Waals surface area contributed by atoms with Crippen LogP contribution >= 0.6 is 0 Å². The van der Waals surface area contributed by atoms with Crippen LogP contribution in [0.25, 0.3) is 5.57 Å². The molecule has 0 aliphatic carbocycles. The molecule has 1 saturated heterocycles. The molecule has 0 atom stereocenters.